The molecule has 19 heavy (non-hydrogen) atoms. The van der Waals surface area contributed by atoms with Gasteiger partial charge < -0.3 is 5.32 Å². The molecule has 0 saturated heterocycles. The lowest BCUT2D eigenvalue weighted by atomic mass is 10.1. The summed E-state index contributed by atoms with van der Waals surface area (Å²) in [5, 5.41) is 7.85. The van der Waals surface area contributed by atoms with Crippen LogP contribution >= 0.6 is 0 Å². The minimum Gasteiger partial charge on any atom is -0.305 e. The maximum atomic E-state index is 12.9. The lowest BCUT2D eigenvalue weighted by molar-refractivity contribution is 0.546. The number of halogens is 1. The van der Waals surface area contributed by atoms with E-state index in [4.69, 9.17) is 0 Å². The van der Waals surface area contributed by atoms with Crippen LogP contribution in [0, 0.1) is 5.82 Å². The van der Waals surface area contributed by atoms with Crippen LogP contribution < -0.4 is 5.32 Å². The Morgan fingerprint density at radius 3 is 2.58 bits per heavy atom. The average molecular weight is 261 g/mol. The number of rotatable bonds is 5. The van der Waals surface area contributed by atoms with Crippen LogP contribution in [0.3, 0.4) is 0 Å². The van der Waals surface area contributed by atoms with Gasteiger partial charge in [0.25, 0.3) is 0 Å². The second-order valence-corrected chi connectivity index (χ2v) is 4.76. The summed E-state index contributed by atoms with van der Waals surface area (Å²) < 4.78 is 14.8. The SMILES string of the molecule is CCc1cc(CN[C@@H](C)c2ccc(F)cc2)n(C)n1. The molecule has 0 fully saturated rings. The lowest BCUT2D eigenvalue weighted by Gasteiger charge is -2.14. The highest BCUT2D eigenvalue weighted by atomic mass is 19.1. The molecule has 4 heteroatoms. The minimum atomic E-state index is -0.199. The minimum absolute atomic E-state index is 0.181. The lowest BCUT2D eigenvalue weighted by Crippen LogP contribution is -2.19. The van der Waals surface area contributed by atoms with Gasteiger partial charge in [-0.1, -0.05) is 19.1 Å². The number of aryl methyl sites for hydroxylation is 2. The van der Waals surface area contributed by atoms with Gasteiger partial charge in [-0.2, -0.15) is 5.10 Å². The summed E-state index contributed by atoms with van der Waals surface area (Å²) in [7, 11) is 1.96. The van der Waals surface area contributed by atoms with Crippen LogP contribution in [0.4, 0.5) is 4.39 Å². The topological polar surface area (TPSA) is 29.9 Å². The molecular weight excluding hydrogens is 241 g/mol. The maximum absolute atomic E-state index is 12.9. The Kier molecular flexibility index (Phi) is 4.32. The fourth-order valence-electron chi connectivity index (χ4n) is 2.04. The molecule has 0 radical (unpaired) electrons. The van der Waals surface area contributed by atoms with Crippen molar-refractivity contribution in [2.24, 2.45) is 7.05 Å². The molecule has 0 bridgehead atoms. The Morgan fingerprint density at radius 1 is 1.32 bits per heavy atom. The van der Waals surface area contributed by atoms with Crippen LogP contribution in [0.25, 0.3) is 0 Å². The fraction of sp³-hybridized carbons (Fsp3) is 0.400. The van der Waals surface area contributed by atoms with E-state index < -0.39 is 0 Å². The molecule has 0 amide bonds. The smallest absolute Gasteiger partial charge is 0.123 e. The van der Waals surface area contributed by atoms with Gasteiger partial charge in [-0.25, -0.2) is 4.39 Å². The molecule has 0 unspecified atom stereocenters. The summed E-state index contributed by atoms with van der Waals surface area (Å²) in [4.78, 5) is 0. The van der Waals surface area contributed by atoms with Crippen molar-refractivity contribution in [1.82, 2.24) is 15.1 Å². The zero-order valence-corrected chi connectivity index (χ0v) is 11.7. The second kappa shape index (κ2) is 5.97. The van der Waals surface area contributed by atoms with Crippen molar-refractivity contribution in [2.45, 2.75) is 32.9 Å². The first-order valence-electron chi connectivity index (χ1n) is 6.60. The Labute approximate surface area is 113 Å². The van der Waals surface area contributed by atoms with E-state index in [0.717, 1.165) is 29.9 Å². The molecule has 0 spiro atoms. The van der Waals surface area contributed by atoms with Gasteiger partial charge in [0, 0.05) is 19.6 Å². The Balaban J connectivity index is 1.97. The molecule has 102 valence electrons. The molecule has 0 aliphatic heterocycles. The van der Waals surface area contributed by atoms with Crippen LogP contribution in [0.15, 0.2) is 30.3 Å². The van der Waals surface area contributed by atoms with Gasteiger partial charge in [0.15, 0.2) is 0 Å². The summed E-state index contributed by atoms with van der Waals surface area (Å²) in [5.41, 5.74) is 3.35. The third-order valence-electron chi connectivity index (χ3n) is 3.35. The zero-order valence-electron chi connectivity index (χ0n) is 11.7. The average Bonchev–Trinajstić information content (AvgIpc) is 2.77. The summed E-state index contributed by atoms with van der Waals surface area (Å²) in [6.07, 6.45) is 0.946. The highest BCUT2D eigenvalue weighted by Gasteiger charge is 2.08. The number of benzene rings is 1. The summed E-state index contributed by atoms with van der Waals surface area (Å²) in [6, 6.07) is 8.91. The van der Waals surface area contributed by atoms with E-state index in [1.807, 2.05) is 23.9 Å². The summed E-state index contributed by atoms with van der Waals surface area (Å²) in [5.74, 6) is -0.199. The van der Waals surface area contributed by atoms with E-state index in [0.29, 0.717) is 0 Å². The zero-order chi connectivity index (χ0) is 13.8. The highest BCUT2D eigenvalue weighted by Crippen LogP contribution is 2.14. The number of hydrogen-bond acceptors (Lipinski definition) is 2. The normalized spacial score (nSPS) is 12.6. The van der Waals surface area contributed by atoms with Gasteiger partial charge in [-0.05, 0) is 37.1 Å². The van der Waals surface area contributed by atoms with Gasteiger partial charge in [0.1, 0.15) is 5.82 Å². The molecule has 1 heterocycles. The quantitative estimate of drug-likeness (QED) is 0.896. The first-order chi connectivity index (χ1) is 9.10. The molecule has 0 aliphatic carbocycles. The van der Waals surface area contributed by atoms with Crippen LogP contribution in [-0.4, -0.2) is 9.78 Å². The van der Waals surface area contributed by atoms with E-state index in [1.165, 1.54) is 12.1 Å². The van der Waals surface area contributed by atoms with Crippen molar-refractivity contribution in [1.29, 1.82) is 0 Å². The third kappa shape index (κ3) is 3.41. The predicted molar refractivity (Wildman–Crippen MR) is 74.2 cm³/mol. The van der Waals surface area contributed by atoms with Crippen LogP contribution in [0.1, 0.15) is 36.8 Å². The van der Waals surface area contributed by atoms with Crippen LogP contribution in [0.2, 0.25) is 0 Å². The van der Waals surface area contributed by atoms with E-state index in [1.54, 1.807) is 0 Å². The monoisotopic (exact) mass is 261 g/mol. The van der Waals surface area contributed by atoms with Crippen molar-refractivity contribution in [2.75, 3.05) is 0 Å². The Morgan fingerprint density at radius 2 is 2.00 bits per heavy atom. The van der Waals surface area contributed by atoms with Gasteiger partial charge in [-0.15, -0.1) is 0 Å². The van der Waals surface area contributed by atoms with Gasteiger partial charge in [0.2, 0.25) is 0 Å². The molecule has 1 aromatic heterocycles. The number of nitrogens with one attached hydrogen (secondary N) is 1. The molecule has 0 saturated carbocycles. The van der Waals surface area contributed by atoms with Crippen LogP contribution in [0.5, 0.6) is 0 Å². The molecular formula is C15H20FN3. The number of nitrogens with zero attached hydrogens (tertiary/aromatic N) is 2. The number of aromatic nitrogens is 2. The maximum Gasteiger partial charge on any atom is 0.123 e. The molecule has 3 nitrogen and oxygen atoms in total. The van der Waals surface area contributed by atoms with E-state index in [2.05, 4.69) is 30.3 Å². The number of hydrogen-bond donors (Lipinski definition) is 1. The van der Waals surface area contributed by atoms with Gasteiger partial charge in [0.05, 0.1) is 11.4 Å². The summed E-state index contributed by atoms with van der Waals surface area (Å²) >= 11 is 0. The Bertz CT molecular complexity index is 531. The van der Waals surface area contributed by atoms with Crippen molar-refractivity contribution < 1.29 is 4.39 Å². The molecule has 2 aromatic rings. The first-order valence-corrected chi connectivity index (χ1v) is 6.60. The molecule has 2 rings (SSSR count). The van der Waals surface area contributed by atoms with E-state index in [-0.39, 0.29) is 11.9 Å². The molecule has 1 atom stereocenters. The standard InChI is InChI=1S/C15H20FN3/c1-4-14-9-15(19(3)18-14)10-17-11(2)12-5-7-13(16)8-6-12/h5-9,11,17H,4,10H2,1-3H3/t11-/m0/s1. The fourth-order valence-corrected chi connectivity index (χ4v) is 2.04. The summed E-state index contributed by atoms with van der Waals surface area (Å²) in [6.45, 7) is 4.92. The van der Waals surface area contributed by atoms with E-state index >= 15 is 0 Å². The molecule has 1 N–H and O–H groups in total. The van der Waals surface area contributed by atoms with Gasteiger partial charge in [-0.3, -0.25) is 4.68 Å². The van der Waals surface area contributed by atoms with Gasteiger partial charge >= 0.3 is 0 Å². The van der Waals surface area contributed by atoms with Crippen molar-refractivity contribution in [3.8, 4) is 0 Å². The van der Waals surface area contributed by atoms with Crippen molar-refractivity contribution >= 4 is 0 Å². The van der Waals surface area contributed by atoms with Crippen molar-refractivity contribution in [3.05, 3.63) is 53.1 Å². The molecule has 1 aromatic carbocycles. The second-order valence-electron chi connectivity index (χ2n) is 4.76. The highest BCUT2D eigenvalue weighted by molar-refractivity contribution is 5.19. The first kappa shape index (κ1) is 13.7. The van der Waals surface area contributed by atoms with Crippen molar-refractivity contribution in [3.63, 3.8) is 0 Å². The van der Waals surface area contributed by atoms with E-state index in [9.17, 15) is 4.39 Å². The van der Waals surface area contributed by atoms with Crippen LogP contribution in [-0.2, 0) is 20.0 Å². The largest absolute Gasteiger partial charge is 0.305 e. The molecule has 0 aliphatic rings. The predicted octanol–water partition coefficient (Wildman–Crippen LogP) is 2.97. The Hall–Kier alpha value is -1.68. The third-order valence-corrected chi connectivity index (χ3v) is 3.35.